The monoisotopic (exact) mass is 299 g/mol. The predicted octanol–water partition coefficient (Wildman–Crippen LogP) is 3.26. The molecule has 0 bridgehead atoms. The Hall–Kier alpha value is -0.870. The summed E-state index contributed by atoms with van der Waals surface area (Å²) in [7, 11) is 0. The van der Waals surface area contributed by atoms with Gasteiger partial charge < -0.3 is 10.8 Å². The molecule has 17 heavy (non-hydrogen) atoms. The minimum Gasteiger partial charge on any atom is -0.481 e. The quantitative estimate of drug-likeness (QED) is 0.897. The number of aliphatic carboxylic acids is 1. The molecular formula is C13H18BrNO2. The fourth-order valence-corrected chi connectivity index (χ4v) is 2.25. The molecule has 1 unspecified atom stereocenters. The zero-order chi connectivity index (χ0) is 13.2. The lowest BCUT2D eigenvalue weighted by Gasteiger charge is -2.31. The standard InChI is InChI=1S/C13H18BrNO2/c1-8-4-5-9(14)6-10(8)12(15)13(2,3)7-11(16)17/h4-6,12H,7,15H2,1-3H3,(H,16,17). The minimum absolute atomic E-state index is 0.0557. The van der Waals surface area contributed by atoms with Crippen LogP contribution in [0.1, 0.15) is 37.4 Å². The number of benzene rings is 1. The minimum atomic E-state index is -0.821. The summed E-state index contributed by atoms with van der Waals surface area (Å²) in [6.07, 6.45) is 0.0557. The van der Waals surface area contributed by atoms with Crippen molar-refractivity contribution in [3.8, 4) is 0 Å². The number of halogens is 1. The Morgan fingerprint density at radius 1 is 1.53 bits per heavy atom. The van der Waals surface area contributed by atoms with Gasteiger partial charge >= 0.3 is 5.97 Å². The highest BCUT2D eigenvalue weighted by molar-refractivity contribution is 9.10. The molecule has 0 amide bonds. The molecule has 0 heterocycles. The van der Waals surface area contributed by atoms with Crippen LogP contribution in [-0.2, 0) is 4.79 Å². The molecule has 1 rings (SSSR count). The van der Waals surface area contributed by atoms with E-state index >= 15 is 0 Å². The fraction of sp³-hybridized carbons (Fsp3) is 0.462. The molecule has 0 saturated heterocycles. The molecule has 0 aliphatic heterocycles. The average Bonchev–Trinajstić information content (AvgIpc) is 2.18. The van der Waals surface area contributed by atoms with Gasteiger partial charge in [-0.2, -0.15) is 0 Å². The molecule has 0 fully saturated rings. The summed E-state index contributed by atoms with van der Waals surface area (Å²) in [5, 5.41) is 8.90. The third-order valence-electron chi connectivity index (χ3n) is 3.03. The van der Waals surface area contributed by atoms with E-state index < -0.39 is 11.4 Å². The Bertz CT molecular complexity index is 429. The molecule has 0 aliphatic carbocycles. The number of hydrogen-bond donors (Lipinski definition) is 2. The molecule has 0 saturated carbocycles. The summed E-state index contributed by atoms with van der Waals surface area (Å²) in [5.41, 5.74) is 7.81. The van der Waals surface area contributed by atoms with Crippen LogP contribution in [0.4, 0.5) is 0 Å². The molecule has 94 valence electrons. The largest absolute Gasteiger partial charge is 0.481 e. The first-order chi connectivity index (χ1) is 7.74. The van der Waals surface area contributed by atoms with Crippen LogP contribution < -0.4 is 5.73 Å². The van der Waals surface area contributed by atoms with E-state index in [0.717, 1.165) is 15.6 Å². The first-order valence-electron chi connectivity index (χ1n) is 5.47. The van der Waals surface area contributed by atoms with E-state index in [4.69, 9.17) is 10.8 Å². The third-order valence-corrected chi connectivity index (χ3v) is 3.52. The van der Waals surface area contributed by atoms with E-state index in [1.54, 1.807) is 0 Å². The Morgan fingerprint density at radius 3 is 2.65 bits per heavy atom. The van der Waals surface area contributed by atoms with Gasteiger partial charge in [-0.1, -0.05) is 35.8 Å². The molecule has 0 spiro atoms. The van der Waals surface area contributed by atoms with Gasteiger partial charge in [0, 0.05) is 10.5 Å². The molecule has 3 nitrogen and oxygen atoms in total. The molecule has 1 aromatic rings. The smallest absolute Gasteiger partial charge is 0.303 e. The van der Waals surface area contributed by atoms with Crippen LogP contribution in [0.2, 0.25) is 0 Å². The predicted molar refractivity (Wildman–Crippen MR) is 71.8 cm³/mol. The van der Waals surface area contributed by atoms with E-state index in [2.05, 4.69) is 15.9 Å². The number of carboxylic acid groups (broad SMARTS) is 1. The van der Waals surface area contributed by atoms with Crippen molar-refractivity contribution in [3.05, 3.63) is 33.8 Å². The van der Waals surface area contributed by atoms with Crippen LogP contribution >= 0.6 is 15.9 Å². The number of aryl methyl sites for hydroxylation is 1. The van der Waals surface area contributed by atoms with E-state index in [9.17, 15) is 4.79 Å². The molecule has 0 aromatic heterocycles. The maximum atomic E-state index is 10.8. The van der Waals surface area contributed by atoms with E-state index in [0.29, 0.717) is 0 Å². The molecular weight excluding hydrogens is 282 g/mol. The average molecular weight is 300 g/mol. The van der Waals surface area contributed by atoms with Gasteiger partial charge in [0.1, 0.15) is 0 Å². The van der Waals surface area contributed by atoms with Crippen molar-refractivity contribution in [2.75, 3.05) is 0 Å². The zero-order valence-corrected chi connectivity index (χ0v) is 11.9. The molecule has 1 aromatic carbocycles. The first-order valence-corrected chi connectivity index (χ1v) is 6.27. The number of carbonyl (C=O) groups is 1. The SMILES string of the molecule is Cc1ccc(Br)cc1C(N)C(C)(C)CC(=O)O. The van der Waals surface area contributed by atoms with Crippen LogP contribution in [-0.4, -0.2) is 11.1 Å². The molecule has 4 heteroatoms. The van der Waals surface area contributed by atoms with Crippen molar-refractivity contribution < 1.29 is 9.90 Å². The fourth-order valence-electron chi connectivity index (χ4n) is 1.87. The Kier molecular flexibility index (Phi) is 4.33. The molecule has 0 aliphatic rings. The highest BCUT2D eigenvalue weighted by Crippen LogP contribution is 2.36. The van der Waals surface area contributed by atoms with Crippen molar-refractivity contribution in [2.45, 2.75) is 33.2 Å². The number of hydrogen-bond acceptors (Lipinski definition) is 2. The van der Waals surface area contributed by atoms with Gasteiger partial charge in [0.05, 0.1) is 6.42 Å². The summed E-state index contributed by atoms with van der Waals surface area (Å²) >= 11 is 3.41. The van der Waals surface area contributed by atoms with Crippen LogP contribution in [0, 0.1) is 12.3 Å². The van der Waals surface area contributed by atoms with Crippen molar-refractivity contribution in [2.24, 2.45) is 11.1 Å². The van der Waals surface area contributed by atoms with Crippen LogP contribution in [0.5, 0.6) is 0 Å². The topological polar surface area (TPSA) is 63.3 Å². The molecule has 0 radical (unpaired) electrons. The van der Waals surface area contributed by atoms with Gasteiger partial charge in [-0.3, -0.25) is 4.79 Å². The van der Waals surface area contributed by atoms with Gasteiger partial charge in [-0.15, -0.1) is 0 Å². The maximum Gasteiger partial charge on any atom is 0.303 e. The summed E-state index contributed by atoms with van der Waals surface area (Å²) in [5.74, 6) is -0.821. The first kappa shape index (κ1) is 14.2. The van der Waals surface area contributed by atoms with Gasteiger partial charge in [-0.25, -0.2) is 0 Å². The highest BCUT2D eigenvalue weighted by Gasteiger charge is 2.31. The van der Waals surface area contributed by atoms with Crippen molar-refractivity contribution in [3.63, 3.8) is 0 Å². The zero-order valence-electron chi connectivity index (χ0n) is 10.3. The van der Waals surface area contributed by atoms with Crippen molar-refractivity contribution in [1.29, 1.82) is 0 Å². The van der Waals surface area contributed by atoms with Gasteiger partial charge in [-0.05, 0) is 35.6 Å². The Labute approximate surface area is 110 Å². The van der Waals surface area contributed by atoms with Crippen molar-refractivity contribution >= 4 is 21.9 Å². The number of nitrogens with two attached hydrogens (primary N) is 1. The van der Waals surface area contributed by atoms with E-state index in [1.165, 1.54) is 0 Å². The number of carboxylic acids is 1. The van der Waals surface area contributed by atoms with Gasteiger partial charge in [0.15, 0.2) is 0 Å². The normalized spacial score (nSPS) is 13.5. The van der Waals surface area contributed by atoms with E-state index in [1.807, 2.05) is 39.0 Å². The summed E-state index contributed by atoms with van der Waals surface area (Å²) in [6, 6.07) is 5.60. The second kappa shape index (κ2) is 5.19. The lowest BCUT2D eigenvalue weighted by Crippen LogP contribution is -2.32. The Balaban J connectivity index is 3.06. The van der Waals surface area contributed by atoms with E-state index in [-0.39, 0.29) is 12.5 Å². The van der Waals surface area contributed by atoms with Gasteiger partial charge in [0.2, 0.25) is 0 Å². The van der Waals surface area contributed by atoms with Crippen LogP contribution in [0.3, 0.4) is 0 Å². The third kappa shape index (κ3) is 3.54. The van der Waals surface area contributed by atoms with Gasteiger partial charge in [0.25, 0.3) is 0 Å². The van der Waals surface area contributed by atoms with Crippen molar-refractivity contribution in [1.82, 2.24) is 0 Å². The summed E-state index contributed by atoms with van der Waals surface area (Å²) < 4.78 is 0.958. The summed E-state index contributed by atoms with van der Waals surface area (Å²) in [6.45, 7) is 5.75. The second-order valence-electron chi connectivity index (χ2n) is 5.04. The molecule has 1 atom stereocenters. The lowest BCUT2D eigenvalue weighted by molar-refractivity contribution is -0.139. The Morgan fingerprint density at radius 2 is 2.12 bits per heavy atom. The van der Waals surface area contributed by atoms with Crippen LogP contribution in [0.15, 0.2) is 22.7 Å². The van der Waals surface area contributed by atoms with Crippen LogP contribution in [0.25, 0.3) is 0 Å². The summed E-state index contributed by atoms with van der Waals surface area (Å²) in [4.78, 5) is 10.8. The lowest BCUT2D eigenvalue weighted by atomic mass is 9.77. The maximum absolute atomic E-state index is 10.8. The number of rotatable bonds is 4. The highest BCUT2D eigenvalue weighted by atomic mass is 79.9. The second-order valence-corrected chi connectivity index (χ2v) is 5.95. The molecule has 3 N–H and O–H groups in total.